The van der Waals surface area contributed by atoms with E-state index in [0.717, 1.165) is 12.8 Å². The number of pyridine rings is 1. The first kappa shape index (κ1) is 10.4. The zero-order valence-corrected chi connectivity index (χ0v) is 8.69. The SMILES string of the molecule is NCCN(c1ncccc1F)C1CCC1. The van der Waals surface area contributed by atoms with Gasteiger partial charge in [0.15, 0.2) is 11.6 Å². The van der Waals surface area contributed by atoms with Gasteiger partial charge in [-0.05, 0) is 31.4 Å². The minimum Gasteiger partial charge on any atom is -0.350 e. The van der Waals surface area contributed by atoms with Gasteiger partial charge in [0.1, 0.15) is 0 Å². The van der Waals surface area contributed by atoms with Crippen LogP contribution in [-0.2, 0) is 0 Å². The van der Waals surface area contributed by atoms with E-state index in [1.165, 1.54) is 12.5 Å². The first-order valence-corrected chi connectivity index (χ1v) is 5.40. The maximum atomic E-state index is 13.5. The van der Waals surface area contributed by atoms with E-state index in [4.69, 9.17) is 5.73 Å². The third-order valence-corrected chi connectivity index (χ3v) is 2.90. The average Bonchev–Trinajstić information content (AvgIpc) is 2.15. The van der Waals surface area contributed by atoms with Gasteiger partial charge < -0.3 is 10.6 Å². The highest BCUT2D eigenvalue weighted by Gasteiger charge is 2.26. The fourth-order valence-corrected chi connectivity index (χ4v) is 1.89. The molecule has 0 spiro atoms. The van der Waals surface area contributed by atoms with Crippen LogP contribution in [0.15, 0.2) is 18.3 Å². The van der Waals surface area contributed by atoms with Crippen molar-refractivity contribution in [1.82, 2.24) is 4.98 Å². The number of aromatic nitrogens is 1. The Labute approximate surface area is 89.1 Å². The van der Waals surface area contributed by atoms with Crippen molar-refractivity contribution in [1.29, 1.82) is 0 Å². The molecule has 0 amide bonds. The molecule has 1 aliphatic rings. The zero-order valence-electron chi connectivity index (χ0n) is 8.69. The van der Waals surface area contributed by atoms with Gasteiger partial charge in [0.2, 0.25) is 0 Å². The molecule has 1 aromatic rings. The summed E-state index contributed by atoms with van der Waals surface area (Å²) in [5.41, 5.74) is 5.54. The second kappa shape index (κ2) is 4.57. The minimum atomic E-state index is -0.252. The van der Waals surface area contributed by atoms with Crippen molar-refractivity contribution in [2.75, 3.05) is 18.0 Å². The summed E-state index contributed by atoms with van der Waals surface area (Å²) in [5.74, 6) is 0.200. The van der Waals surface area contributed by atoms with Gasteiger partial charge in [0.25, 0.3) is 0 Å². The van der Waals surface area contributed by atoms with Gasteiger partial charge in [-0.2, -0.15) is 0 Å². The predicted molar refractivity (Wildman–Crippen MR) is 58.2 cm³/mol. The van der Waals surface area contributed by atoms with Gasteiger partial charge in [0, 0.05) is 25.3 Å². The summed E-state index contributed by atoms with van der Waals surface area (Å²) >= 11 is 0. The summed E-state index contributed by atoms with van der Waals surface area (Å²) in [6.45, 7) is 1.21. The van der Waals surface area contributed by atoms with E-state index in [9.17, 15) is 4.39 Å². The summed E-state index contributed by atoms with van der Waals surface area (Å²) in [4.78, 5) is 6.09. The molecule has 1 fully saturated rings. The molecule has 0 aliphatic heterocycles. The molecule has 4 heteroatoms. The standard InChI is InChI=1S/C11H16FN3/c12-10-5-2-7-14-11(10)15(8-6-13)9-3-1-4-9/h2,5,7,9H,1,3-4,6,8,13H2. The van der Waals surface area contributed by atoms with E-state index in [-0.39, 0.29) is 5.82 Å². The van der Waals surface area contributed by atoms with Crippen LogP contribution in [-0.4, -0.2) is 24.1 Å². The van der Waals surface area contributed by atoms with Gasteiger partial charge >= 0.3 is 0 Å². The molecule has 3 nitrogen and oxygen atoms in total. The largest absolute Gasteiger partial charge is 0.350 e. The summed E-state index contributed by atoms with van der Waals surface area (Å²) in [6, 6.07) is 3.49. The molecule has 1 saturated carbocycles. The lowest BCUT2D eigenvalue weighted by Crippen LogP contribution is -2.43. The van der Waals surface area contributed by atoms with Crippen LogP contribution in [0.4, 0.5) is 10.2 Å². The van der Waals surface area contributed by atoms with E-state index in [2.05, 4.69) is 4.98 Å². The Balaban J connectivity index is 2.19. The second-order valence-electron chi connectivity index (χ2n) is 3.88. The maximum absolute atomic E-state index is 13.5. The van der Waals surface area contributed by atoms with Crippen molar-refractivity contribution in [3.63, 3.8) is 0 Å². The molecule has 0 atom stereocenters. The van der Waals surface area contributed by atoms with Gasteiger partial charge in [-0.1, -0.05) is 0 Å². The number of nitrogens with two attached hydrogens (primary N) is 1. The molecular weight excluding hydrogens is 193 g/mol. The van der Waals surface area contributed by atoms with Crippen LogP contribution in [0.3, 0.4) is 0 Å². The third kappa shape index (κ3) is 2.09. The number of nitrogens with zero attached hydrogens (tertiary/aromatic N) is 2. The number of rotatable bonds is 4. The Morgan fingerprint density at radius 1 is 1.53 bits per heavy atom. The number of anilines is 1. The van der Waals surface area contributed by atoms with Crippen LogP contribution >= 0.6 is 0 Å². The van der Waals surface area contributed by atoms with E-state index < -0.39 is 0 Å². The lowest BCUT2D eigenvalue weighted by atomic mass is 9.91. The average molecular weight is 209 g/mol. The summed E-state index contributed by atoms with van der Waals surface area (Å²) in [7, 11) is 0. The second-order valence-corrected chi connectivity index (χ2v) is 3.88. The lowest BCUT2D eigenvalue weighted by Gasteiger charge is -2.38. The number of hydrogen-bond acceptors (Lipinski definition) is 3. The monoisotopic (exact) mass is 209 g/mol. The topological polar surface area (TPSA) is 42.1 Å². The fraction of sp³-hybridized carbons (Fsp3) is 0.545. The van der Waals surface area contributed by atoms with Crippen LogP contribution in [0.25, 0.3) is 0 Å². The molecule has 2 N–H and O–H groups in total. The Morgan fingerprint density at radius 2 is 2.33 bits per heavy atom. The van der Waals surface area contributed by atoms with Gasteiger partial charge in [-0.3, -0.25) is 0 Å². The highest BCUT2D eigenvalue weighted by molar-refractivity contribution is 5.41. The minimum absolute atomic E-state index is 0.252. The fourth-order valence-electron chi connectivity index (χ4n) is 1.89. The van der Waals surface area contributed by atoms with Gasteiger partial charge in [-0.15, -0.1) is 0 Å². The molecule has 0 radical (unpaired) electrons. The highest BCUT2D eigenvalue weighted by atomic mass is 19.1. The van der Waals surface area contributed by atoms with Crippen molar-refractivity contribution in [3.8, 4) is 0 Å². The molecular formula is C11H16FN3. The van der Waals surface area contributed by atoms with Crippen LogP contribution < -0.4 is 10.6 Å². The zero-order chi connectivity index (χ0) is 10.7. The smallest absolute Gasteiger partial charge is 0.165 e. The summed E-state index contributed by atoms with van der Waals surface area (Å²) < 4.78 is 13.5. The predicted octanol–water partition coefficient (Wildman–Crippen LogP) is 1.54. The molecule has 0 aromatic carbocycles. The quantitative estimate of drug-likeness (QED) is 0.817. The van der Waals surface area contributed by atoms with Crippen LogP contribution in [0.5, 0.6) is 0 Å². The summed E-state index contributed by atoms with van der Waals surface area (Å²) in [5, 5.41) is 0. The van der Waals surface area contributed by atoms with Crippen molar-refractivity contribution >= 4 is 5.82 Å². The molecule has 82 valence electrons. The Kier molecular flexibility index (Phi) is 3.16. The molecule has 0 bridgehead atoms. The molecule has 1 aliphatic carbocycles. The van der Waals surface area contributed by atoms with E-state index in [0.29, 0.717) is 24.9 Å². The van der Waals surface area contributed by atoms with Crippen molar-refractivity contribution in [3.05, 3.63) is 24.1 Å². The molecule has 1 heterocycles. The molecule has 1 aromatic heterocycles. The van der Waals surface area contributed by atoms with Crippen molar-refractivity contribution in [2.24, 2.45) is 5.73 Å². The van der Waals surface area contributed by atoms with E-state index in [1.807, 2.05) is 4.90 Å². The molecule has 0 saturated heterocycles. The summed E-state index contributed by atoms with van der Waals surface area (Å²) in [6.07, 6.45) is 5.09. The number of hydrogen-bond donors (Lipinski definition) is 1. The van der Waals surface area contributed by atoms with Gasteiger partial charge in [0.05, 0.1) is 0 Å². The Morgan fingerprint density at radius 3 is 2.87 bits per heavy atom. The van der Waals surface area contributed by atoms with Crippen LogP contribution in [0.2, 0.25) is 0 Å². The number of halogens is 1. The van der Waals surface area contributed by atoms with Gasteiger partial charge in [-0.25, -0.2) is 9.37 Å². The Hall–Kier alpha value is -1.16. The van der Waals surface area contributed by atoms with Crippen molar-refractivity contribution in [2.45, 2.75) is 25.3 Å². The van der Waals surface area contributed by atoms with E-state index in [1.54, 1.807) is 12.3 Å². The lowest BCUT2D eigenvalue weighted by molar-refractivity contribution is 0.382. The molecule has 15 heavy (non-hydrogen) atoms. The first-order chi connectivity index (χ1) is 7.33. The molecule has 2 rings (SSSR count). The van der Waals surface area contributed by atoms with Crippen LogP contribution in [0, 0.1) is 5.82 Å². The van der Waals surface area contributed by atoms with Crippen molar-refractivity contribution < 1.29 is 4.39 Å². The first-order valence-electron chi connectivity index (χ1n) is 5.40. The highest BCUT2D eigenvalue weighted by Crippen LogP contribution is 2.29. The maximum Gasteiger partial charge on any atom is 0.165 e. The molecule has 0 unspecified atom stereocenters. The Bertz CT molecular complexity index is 325. The van der Waals surface area contributed by atoms with E-state index >= 15 is 0 Å². The van der Waals surface area contributed by atoms with Crippen LogP contribution in [0.1, 0.15) is 19.3 Å². The normalized spacial score (nSPS) is 16.1. The third-order valence-electron chi connectivity index (χ3n) is 2.90.